The number of likely N-dealkylation sites (N-methyl/N-ethyl adjacent to an activating group) is 1. The summed E-state index contributed by atoms with van der Waals surface area (Å²) < 4.78 is 5.87. The van der Waals surface area contributed by atoms with E-state index >= 15 is 0 Å². The average molecular weight is 293 g/mol. The molecule has 21 heavy (non-hydrogen) atoms. The summed E-state index contributed by atoms with van der Waals surface area (Å²) in [7, 11) is 0. The molecule has 4 nitrogen and oxygen atoms in total. The van der Waals surface area contributed by atoms with Crippen molar-refractivity contribution in [2.75, 3.05) is 32.7 Å². The molecule has 1 aliphatic heterocycles. The van der Waals surface area contributed by atoms with E-state index in [1.807, 2.05) is 0 Å². The molecule has 1 aromatic rings. The van der Waals surface area contributed by atoms with Crippen LogP contribution in [0, 0.1) is 6.92 Å². The van der Waals surface area contributed by atoms with Crippen LogP contribution >= 0.6 is 0 Å². The van der Waals surface area contributed by atoms with Gasteiger partial charge in [-0.25, -0.2) is 0 Å². The first-order valence-corrected chi connectivity index (χ1v) is 8.39. The Balaban J connectivity index is 1.88. The van der Waals surface area contributed by atoms with Gasteiger partial charge in [0.05, 0.1) is 6.54 Å². The first-order chi connectivity index (χ1) is 10.1. The molecule has 0 aromatic carbocycles. The Labute approximate surface area is 129 Å². The highest BCUT2D eigenvalue weighted by atomic mass is 16.3. The van der Waals surface area contributed by atoms with Crippen molar-refractivity contribution in [1.29, 1.82) is 0 Å². The van der Waals surface area contributed by atoms with E-state index in [1.165, 1.54) is 12.1 Å². The van der Waals surface area contributed by atoms with Gasteiger partial charge < -0.3 is 9.73 Å². The first kappa shape index (κ1) is 16.5. The van der Waals surface area contributed by atoms with Crippen molar-refractivity contribution in [3.8, 4) is 0 Å². The van der Waals surface area contributed by atoms with Crippen LogP contribution in [0.25, 0.3) is 0 Å². The maximum atomic E-state index is 5.87. The Bertz CT molecular complexity index is 430. The van der Waals surface area contributed by atoms with Gasteiger partial charge in [-0.1, -0.05) is 13.8 Å². The summed E-state index contributed by atoms with van der Waals surface area (Å²) in [5.41, 5.74) is 1.35. The average Bonchev–Trinajstić information content (AvgIpc) is 2.80. The van der Waals surface area contributed by atoms with Crippen molar-refractivity contribution in [3.63, 3.8) is 0 Å². The van der Waals surface area contributed by atoms with Gasteiger partial charge in [-0.15, -0.1) is 0 Å². The SMILES string of the molecule is CCCNCc1cc(CN2CCN(CC)C(C)C2)c(C)o1. The van der Waals surface area contributed by atoms with Gasteiger partial charge >= 0.3 is 0 Å². The van der Waals surface area contributed by atoms with Crippen molar-refractivity contribution in [2.24, 2.45) is 0 Å². The fraction of sp³-hybridized carbons (Fsp3) is 0.765. The Morgan fingerprint density at radius 1 is 1.33 bits per heavy atom. The molecular weight excluding hydrogens is 262 g/mol. The second-order valence-corrected chi connectivity index (χ2v) is 6.18. The number of furan rings is 1. The Kier molecular flexibility index (Phi) is 6.27. The predicted octanol–water partition coefficient (Wildman–Crippen LogP) is 2.61. The first-order valence-electron chi connectivity index (χ1n) is 8.39. The molecule has 0 aliphatic carbocycles. The van der Waals surface area contributed by atoms with Crippen LogP contribution < -0.4 is 5.32 Å². The molecule has 1 saturated heterocycles. The highest BCUT2D eigenvalue weighted by Gasteiger charge is 2.23. The standard InChI is InChI=1S/C17H31N3O/c1-5-7-18-11-17-10-16(15(4)21-17)13-19-8-9-20(6-2)14(3)12-19/h10,14,18H,5-9,11-13H2,1-4H3. The summed E-state index contributed by atoms with van der Waals surface area (Å²) in [6.45, 7) is 16.4. The lowest BCUT2D eigenvalue weighted by Crippen LogP contribution is -2.51. The van der Waals surface area contributed by atoms with E-state index in [1.54, 1.807) is 0 Å². The van der Waals surface area contributed by atoms with Gasteiger partial charge in [0.25, 0.3) is 0 Å². The molecule has 1 unspecified atom stereocenters. The van der Waals surface area contributed by atoms with Gasteiger partial charge in [0.15, 0.2) is 0 Å². The van der Waals surface area contributed by atoms with Gasteiger partial charge in [-0.2, -0.15) is 0 Å². The smallest absolute Gasteiger partial charge is 0.118 e. The van der Waals surface area contributed by atoms with Crippen LogP contribution in [0.15, 0.2) is 10.5 Å². The van der Waals surface area contributed by atoms with E-state index in [0.717, 1.165) is 57.2 Å². The Morgan fingerprint density at radius 3 is 2.81 bits per heavy atom. The predicted molar refractivity (Wildman–Crippen MR) is 87.4 cm³/mol. The molecule has 0 amide bonds. The molecule has 0 spiro atoms. The summed E-state index contributed by atoms with van der Waals surface area (Å²) in [6, 6.07) is 2.89. The van der Waals surface area contributed by atoms with Crippen molar-refractivity contribution >= 4 is 0 Å². The monoisotopic (exact) mass is 293 g/mol. The lowest BCUT2D eigenvalue weighted by molar-refractivity contribution is 0.0831. The van der Waals surface area contributed by atoms with Crippen molar-refractivity contribution < 1.29 is 4.42 Å². The lowest BCUT2D eigenvalue weighted by atomic mass is 10.1. The zero-order valence-electron chi connectivity index (χ0n) is 14.1. The van der Waals surface area contributed by atoms with Gasteiger partial charge in [-0.05, 0) is 39.4 Å². The third-order valence-electron chi connectivity index (χ3n) is 4.45. The van der Waals surface area contributed by atoms with Gasteiger partial charge in [0.1, 0.15) is 11.5 Å². The largest absolute Gasteiger partial charge is 0.465 e. The van der Waals surface area contributed by atoms with Gasteiger partial charge in [0.2, 0.25) is 0 Å². The Hall–Kier alpha value is -0.840. The number of nitrogens with one attached hydrogen (secondary N) is 1. The molecule has 0 radical (unpaired) electrons. The third kappa shape index (κ3) is 4.56. The molecular formula is C17H31N3O. The number of nitrogens with zero attached hydrogens (tertiary/aromatic N) is 2. The van der Waals surface area contributed by atoms with E-state index in [4.69, 9.17) is 4.42 Å². The molecule has 1 atom stereocenters. The zero-order valence-corrected chi connectivity index (χ0v) is 14.1. The van der Waals surface area contributed by atoms with E-state index in [9.17, 15) is 0 Å². The molecule has 1 aliphatic rings. The Morgan fingerprint density at radius 2 is 2.14 bits per heavy atom. The van der Waals surface area contributed by atoms with Crippen LogP contribution in [0.3, 0.4) is 0 Å². The van der Waals surface area contributed by atoms with E-state index in [0.29, 0.717) is 6.04 Å². The van der Waals surface area contributed by atoms with E-state index in [2.05, 4.69) is 48.9 Å². The van der Waals surface area contributed by atoms with Gasteiger partial charge in [-0.3, -0.25) is 9.80 Å². The van der Waals surface area contributed by atoms with Crippen LogP contribution in [0.5, 0.6) is 0 Å². The van der Waals surface area contributed by atoms with Crippen LogP contribution in [0.4, 0.5) is 0 Å². The summed E-state index contributed by atoms with van der Waals surface area (Å²) in [5, 5.41) is 3.40. The number of aryl methyl sites for hydroxylation is 1. The molecule has 2 rings (SSSR count). The summed E-state index contributed by atoms with van der Waals surface area (Å²) in [6.07, 6.45) is 1.16. The molecule has 0 saturated carbocycles. The van der Waals surface area contributed by atoms with Gasteiger partial charge in [0, 0.05) is 37.8 Å². The van der Waals surface area contributed by atoms with Crippen LogP contribution in [-0.2, 0) is 13.1 Å². The number of hydrogen-bond donors (Lipinski definition) is 1. The fourth-order valence-electron chi connectivity index (χ4n) is 3.15. The number of hydrogen-bond acceptors (Lipinski definition) is 4. The van der Waals surface area contributed by atoms with Crippen LogP contribution in [-0.4, -0.2) is 48.6 Å². The second-order valence-electron chi connectivity index (χ2n) is 6.18. The van der Waals surface area contributed by atoms with E-state index < -0.39 is 0 Å². The minimum atomic E-state index is 0.654. The highest BCUT2D eigenvalue weighted by molar-refractivity contribution is 5.21. The summed E-state index contributed by atoms with van der Waals surface area (Å²) >= 11 is 0. The zero-order chi connectivity index (χ0) is 15.2. The molecule has 0 bridgehead atoms. The van der Waals surface area contributed by atoms with E-state index in [-0.39, 0.29) is 0 Å². The maximum absolute atomic E-state index is 5.87. The lowest BCUT2D eigenvalue weighted by Gasteiger charge is -2.39. The highest BCUT2D eigenvalue weighted by Crippen LogP contribution is 2.19. The minimum absolute atomic E-state index is 0.654. The quantitative estimate of drug-likeness (QED) is 0.783. The minimum Gasteiger partial charge on any atom is -0.465 e. The maximum Gasteiger partial charge on any atom is 0.118 e. The number of piperazine rings is 1. The van der Waals surface area contributed by atoms with Crippen molar-refractivity contribution in [1.82, 2.24) is 15.1 Å². The number of rotatable bonds is 7. The molecule has 120 valence electrons. The fourth-order valence-corrected chi connectivity index (χ4v) is 3.15. The summed E-state index contributed by atoms with van der Waals surface area (Å²) in [4.78, 5) is 5.11. The van der Waals surface area contributed by atoms with Crippen LogP contribution in [0.2, 0.25) is 0 Å². The van der Waals surface area contributed by atoms with Crippen molar-refractivity contribution in [3.05, 3.63) is 23.2 Å². The second kappa shape index (κ2) is 7.97. The molecule has 1 N–H and O–H groups in total. The van der Waals surface area contributed by atoms with Crippen LogP contribution in [0.1, 0.15) is 44.3 Å². The van der Waals surface area contributed by atoms with Crippen molar-refractivity contribution in [2.45, 2.75) is 53.2 Å². The third-order valence-corrected chi connectivity index (χ3v) is 4.45. The normalized spacial score (nSPS) is 21.0. The topological polar surface area (TPSA) is 31.6 Å². The molecule has 1 aromatic heterocycles. The molecule has 1 fully saturated rings. The summed E-state index contributed by atoms with van der Waals surface area (Å²) in [5.74, 6) is 2.14. The molecule has 2 heterocycles. The molecule has 4 heteroatoms.